The Labute approximate surface area is 168 Å². The molecule has 1 saturated heterocycles. The van der Waals surface area contributed by atoms with E-state index >= 15 is 0 Å². The maximum Gasteiger partial charge on any atom is 0.417 e. The molecule has 0 bridgehead atoms. The molecule has 2 aromatic rings. The van der Waals surface area contributed by atoms with Crippen LogP contribution in [0.2, 0.25) is 5.02 Å². The van der Waals surface area contributed by atoms with Crippen molar-refractivity contribution in [2.24, 2.45) is 0 Å². The lowest BCUT2D eigenvalue weighted by Gasteiger charge is -2.20. The highest BCUT2D eigenvalue weighted by Crippen LogP contribution is 2.40. The fourth-order valence-electron chi connectivity index (χ4n) is 3.00. The van der Waals surface area contributed by atoms with Crippen molar-refractivity contribution in [3.8, 4) is 5.75 Å². The normalized spacial score (nSPS) is 16.5. The van der Waals surface area contributed by atoms with E-state index in [1.54, 1.807) is 0 Å². The second-order valence-corrected chi connectivity index (χ2v) is 6.75. The van der Waals surface area contributed by atoms with E-state index in [0.717, 1.165) is 6.07 Å². The zero-order chi connectivity index (χ0) is 21.2. The number of benzene rings is 2. The van der Waals surface area contributed by atoms with E-state index in [2.05, 4.69) is 5.32 Å². The molecule has 1 unspecified atom stereocenters. The average Bonchev–Trinajstić information content (AvgIpc) is 3.17. The van der Waals surface area contributed by atoms with Crippen molar-refractivity contribution < 1.29 is 37.3 Å². The van der Waals surface area contributed by atoms with Crippen LogP contribution in [-0.2, 0) is 10.9 Å². The lowest BCUT2D eigenvalue weighted by atomic mass is 9.90. The van der Waals surface area contributed by atoms with Gasteiger partial charge in [-0.2, -0.15) is 13.2 Å². The van der Waals surface area contributed by atoms with E-state index in [4.69, 9.17) is 21.1 Å². The van der Waals surface area contributed by atoms with Gasteiger partial charge in [0.1, 0.15) is 5.75 Å². The molecule has 3 rings (SSSR count). The first-order chi connectivity index (χ1) is 13.6. The van der Waals surface area contributed by atoms with Crippen molar-refractivity contribution in [2.75, 3.05) is 18.5 Å². The van der Waals surface area contributed by atoms with Crippen molar-refractivity contribution in [3.05, 3.63) is 58.1 Å². The predicted molar refractivity (Wildman–Crippen MR) is 97.7 cm³/mol. The van der Waals surface area contributed by atoms with Gasteiger partial charge in [0.2, 0.25) is 0 Å². The third kappa shape index (κ3) is 4.99. The van der Waals surface area contributed by atoms with Gasteiger partial charge < -0.3 is 14.6 Å². The van der Waals surface area contributed by atoms with Crippen LogP contribution in [0.5, 0.6) is 5.75 Å². The molecule has 1 aliphatic heterocycles. The summed E-state index contributed by atoms with van der Waals surface area (Å²) >= 11 is 5.73. The molecular weight excluding hydrogens is 415 g/mol. The summed E-state index contributed by atoms with van der Waals surface area (Å²) in [5.41, 5.74) is -2.21. The highest BCUT2D eigenvalue weighted by molar-refractivity contribution is 6.30. The first-order valence-electron chi connectivity index (χ1n) is 8.45. The third-order valence-corrected chi connectivity index (χ3v) is 4.61. The second kappa shape index (κ2) is 8.30. The fourth-order valence-corrected chi connectivity index (χ4v) is 3.13. The number of anilines is 1. The first-order valence-corrected chi connectivity index (χ1v) is 8.83. The molecular formula is C19H15ClF3NO5. The number of carbonyl (C=O) groups excluding carboxylic acids is 1. The molecule has 29 heavy (non-hydrogen) atoms. The van der Waals surface area contributed by atoms with Crippen molar-refractivity contribution in [1.82, 2.24) is 0 Å². The Hall–Kier alpha value is -2.78. The van der Waals surface area contributed by atoms with Crippen LogP contribution in [0, 0.1) is 0 Å². The Kier molecular flexibility index (Phi) is 5.99. The summed E-state index contributed by atoms with van der Waals surface area (Å²) in [6.45, 7) is 0.352. The number of aromatic carboxylic acids is 1. The van der Waals surface area contributed by atoms with Gasteiger partial charge in [0.15, 0.2) is 0 Å². The minimum absolute atomic E-state index is 0.0630. The molecule has 0 aliphatic carbocycles. The highest BCUT2D eigenvalue weighted by Gasteiger charge is 2.38. The summed E-state index contributed by atoms with van der Waals surface area (Å²) in [6, 6.07) is 7.21. The summed E-state index contributed by atoms with van der Waals surface area (Å²) in [6.07, 6.45) is -5.54. The van der Waals surface area contributed by atoms with E-state index in [1.165, 1.54) is 24.3 Å². The predicted octanol–water partition coefficient (Wildman–Crippen LogP) is 5.17. The number of carbonyl (C=O) groups is 2. The summed E-state index contributed by atoms with van der Waals surface area (Å²) in [7, 11) is 0. The van der Waals surface area contributed by atoms with Crippen LogP contribution in [-0.4, -0.2) is 30.4 Å². The van der Waals surface area contributed by atoms with Crippen molar-refractivity contribution in [3.63, 3.8) is 0 Å². The van der Waals surface area contributed by atoms with E-state index in [9.17, 15) is 27.9 Å². The van der Waals surface area contributed by atoms with Gasteiger partial charge >= 0.3 is 18.2 Å². The molecule has 6 nitrogen and oxygen atoms in total. The largest absolute Gasteiger partial charge is 0.478 e. The van der Waals surface area contributed by atoms with Crippen LogP contribution in [0.1, 0.15) is 33.8 Å². The quantitative estimate of drug-likeness (QED) is 0.700. The maximum atomic E-state index is 13.6. The number of rotatable bonds is 4. The minimum Gasteiger partial charge on any atom is -0.478 e. The summed E-state index contributed by atoms with van der Waals surface area (Å²) in [5.74, 6) is -1.99. The Morgan fingerprint density at radius 3 is 2.45 bits per heavy atom. The molecule has 0 radical (unpaired) electrons. The molecule has 0 spiro atoms. The minimum atomic E-state index is -4.74. The van der Waals surface area contributed by atoms with Gasteiger partial charge in [-0.25, -0.2) is 9.59 Å². The number of hydrogen-bond acceptors (Lipinski definition) is 4. The SMILES string of the molecule is O=C(Nc1cc(C(F)(F)F)c(C2CCOC2)cc1C(=O)O)Oc1ccc(Cl)cc1. The molecule has 2 aromatic carbocycles. The smallest absolute Gasteiger partial charge is 0.417 e. The van der Waals surface area contributed by atoms with Gasteiger partial charge in [-0.1, -0.05) is 11.6 Å². The number of nitrogens with one attached hydrogen (secondary N) is 1. The number of alkyl halides is 3. The first kappa shape index (κ1) is 20.9. The molecule has 10 heteroatoms. The lowest BCUT2D eigenvalue weighted by Crippen LogP contribution is -2.21. The average molecular weight is 430 g/mol. The monoisotopic (exact) mass is 429 g/mol. The molecule has 1 amide bonds. The van der Waals surface area contributed by atoms with Gasteiger partial charge in [0.25, 0.3) is 0 Å². The molecule has 1 aliphatic rings. The Bertz CT molecular complexity index is 925. The Balaban J connectivity index is 1.95. The van der Waals surface area contributed by atoms with Gasteiger partial charge in [0.05, 0.1) is 23.4 Å². The zero-order valence-electron chi connectivity index (χ0n) is 14.8. The van der Waals surface area contributed by atoms with Crippen LogP contribution in [0.3, 0.4) is 0 Å². The summed E-state index contributed by atoms with van der Waals surface area (Å²) in [5, 5.41) is 11.9. The van der Waals surface area contributed by atoms with Gasteiger partial charge in [0, 0.05) is 17.5 Å². The number of amides is 1. The van der Waals surface area contributed by atoms with Crippen molar-refractivity contribution in [1.29, 1.82) is 0 Å². The van der Waals surface area contributed by atoms with E-state index < -0.39 is 41.0 Å². The zero-order valence-corrected chi connectivity index (χ0v) is 15.5. The van der Waals surface area contributed by atoms with Gasteiger partial charge in [-0.05, 0) is 48.4 Å². The number of hydrogen-bond donors (Lipinski definition) is 2. The Morgan fingerprint density at radius 2 is 1.90 bits per heavy atom. The van der Waals surface area contributed by atoms with Crippen LogP contribution < -0.4 is 10.1 Å². The molecule has 1 heterocycles. The molecule has 154 valence electrons. The molecule has 1 fully saturated rings. The molecule has 0 saturated carbocycles. The number of carboxylic acid groups (broad SMARTS) is 1. The van der Waals surface area contributed by atoms with E-state index in [1.807, 2.05) is 0 Å². The van der Waals surface area contributed by atoms with Crippen LogP contribution in [0.15, 0.2) is 36.4 Å². The van der Waals surface area contributed by atoms with Crippen LogP contribution >= 0.6 is 11.6 Å². The second-order valence-electron chi connectivity index (χ2n) is 6.32. The van der Waals surface area contributed by atoms with E-state index in [0.29, 0.717) is 17.5 Å². The lowest BCUT2D eigenvalue weighted by molar-refractivity contribution is -0.138. The molecule has 1 atom stereocenters. The van der Waals surface area contributed by atoms with E-state index in [-0.39, 0.29) is 24.5 Å². The van der Waals surface area contributed by atoms with Gasteiger partial charge in [-0.15, -0.1) is 0 Å². The van der Waals surface area contributed by atoms with Crippen LogP contribution in [0.25, 0.3) is 0 Å². The van der Waals surface area contributed by atoms with Gasteiger partial charge in [-0.3, -0.25) is 5.32 Å². The molecule has 0 aromatic heterocycles. The number of carboxylic acids is 1. The number of halogens is 4. The fraction of sp³-hybridized carbons (Fsp3) is 0.263. The maximum absolute atomic E-state index is 13.6. The summed E-state index contributed by atoms with van der Waals surface area (Å²) in [4.78, 5) is 23.7. The third-order valence-electron chi connectivity index (χ3n) is 4.36. The Morgan fingerprint density at radius 1 is 1.21 bits per heavy atom. The standard InChI is InChI=1S/C19H15ClF3NO5/c20-11-1-3-12(4-2-11)29-18(27)24-16-8-15(19(21,22)23)13(7-14(16)17(25)26)10-5-6-28-9-10/h1-4,7-8,10H,5-6,9H2,(H,24,27)(H,25,26). The molecule has 2 N–H and O–H groups in total. The number of ether oxygens (including phenoxy) is 2. The van der Waals surface area contributed by atoms with Crippen LogP contribution in [0.4, 0.5) is 23.7 Å². The summed E-state index contributed by atoms with van der Waals surface area (Å²) < 4.78 is 50.9. The highest BCUT2D eigenvalue weighted by atomic mass is 35.5. The topological polar surface area (TPSA) is 84.9 Å². The van der Waals surface area contributed by atoms with Crippen molar-refractivity contribution in [2.45, 2.75) is 18.5 Å². The van der Waals surface area contributed by atoms with Crippen molar-refractivity contribution >= 4 is 29.4 Å².